The molecule has 1 aliphatic rings. The molecule has 0 spiro atoms. The maximum atomic E-state index is 11.9. The van der Waals surface area contributed by atoms with Crippen molar-refractivity contribution >= 4 is 5.97 Å². The van der Waals surface area contributed by atoms with Gasteiger partial charge < -0.3 is 14.8 Å². The van der Waals surface area contributed by atoms with Gasteiger partial charge in [-0.1, -0.05) is 13.3 Å². The molecule has 2 heterocycles. The van der Waals surface area contributed by atoms with Crippen molar-refractivity contribution in [3.63, 3.8) is 0 Å². The van der Waals surface area contributed by atoms with Gasteiger partial charge in [0.2, 0.25) is 5.43 Å². The van der Waals surface area contributed by atoms with Crippen LogP contribution in [0.3, 0.4) is 0 Å². The van der Waals surface area contributed by atoms with Gasteiger partial charge in [-0.2, -0.15) is 0 Å². The lowest BCUT2D eigenvalue weighted by Gasteiger charge is -2.30. The smallest absolute Gasteiger partial charge is 0.326 e. The fourth-order valence-corrected chi connectivity index (χ4v) is 3.18. The first-order valence-electron chi connectivity index (χ1n) is 7.84. The van der Waals surface area contributed by atoms with Crippen molar-refractivity contribution < 1.29 is 15.0 Å². The third kappa shape index (κ3) is 3.32. The molecule has 0 aromatic carbocycles. The molecule has 1 fully saturated rings. The van der Waals surface area contributed by atoms with Gasteiger partial charge in [0.1, 0.15) is 6.04 Å². The number of aryl methyl sites for hydroxylation is 1. The highest BCUT2D eigenvalue weighted by Crippen LogP contribution is 2.25. The number of hydrogen-bond donors (Lipinski definition) is 2. The molecular formula is C16H24N2O4. The zero-order valence-corrected chi connectivity index (χ0v) is 13.2. The summed E-state index contributed by atoms with van der Waals surface area (Å²) < 4.78 is 1.60. The Bertz CT molecular complexity index is 603. The van der Waals surface area contributed by atoms with Gasteiger partial charge >= 0.3 is 5.97 Å². The first-order valence-corrected chi connectivity index (χ1v) is 7.84. The van der Waals surface area contributed by atoms with Gasteiger partial charge in [0, 0.05) is 18.3 Å². The normalized spacial score (nSPS) is 17.4. The third-order valence-electron chi connectivity index (χ3n) is 4.32. The minimum atomic E-state index is -0.950. The molecule has 0 aliphatic carbocycles. The highest BCUT2D eigenvalue weighted by molar-refractivity contribution is 5.72. The summed E-state index contributed by atoms with van der Waals surface area (Å²) in [7, 11) is 0. The summed E-state index contributed by atoms with van der Waals surface area (Å²) in [5.74, 6) is -1.27. The molecule has 6 heteroatoms. The summed E-state index contributed by atoms with van der Waals surface area (Å²) >= 11 is 0. The quantitative estimate of drug-likeness (QED) is 0.868. The van der Waals surface area contributed by atoms with Gasteiger partial charge in [-0.05, 0) is 39.3 Å². The van der Waals surface area contributed by atoms with E-state index >= 15 is 0 Å². The molecule has 1 aliphatic heterocycles. The van der Waals surface area contributed by atoms with Gasteiger partial charge in [-0.3, -0.25) is 9.69 Å². The van der Waals surface area contributed by atoms with Crippen LogP contribution in [-0.2, 0) is 11.3 Å². The van der Waals surface area contributed by atoms with Crippen LogP contribution in [0.2, 0.25) is 0 Å². The number of rotatable bonds is 5. The van der Waals surface area contributed by atoms with E-state index in [-0.39, 0.29) is 5.75 Å². The van der Waals surface area contributed by atoms with Crippen molar-refractivity contribution in [2.75, 3.05) is 13.1 Å². The van der Waals surface area contributed by atoms with Crippen molar-refractivity contribution in [2.24, 2.45) is 0 Å². The molecule has 1 saturated heterocycles. The largest absolute Gasteiger partial charge is 0.503 e. The number of pyridine rings is 1. The first kappa shape index (κ1) is 16.5. The molecule has 0 amide bonds. The van der Waals surface area contributed by atoms with Crippen LogP contribution in [0.5, 0.6) is 5.75 Å². The molecule has 0 radical (unpaired) electrons. The molecule has 1 aromatic heterocycles. The number of nitrogens with zero attached hydrogens (tertiary/aromatic N) is 2. The lowest BCUT2D eigenvalue weighted by molar-refractivity contribution is -0.141. The van der Waals surface area contributed by atoms with Crippen LogP contribution >= 0.6 is 0 Å². The van der Waals surface area contributed by atoms with Crippen LogP contribution in [-0.4, -0.2) is 38.7 Å². The van der Waals surface area contributed by atoms with Crippen LogP contribution in [0.1, 0.15) is 50.0 Å². The Kier molecular flexibility index (Phi) is 5.24. The zero-order chi connectivity index (χ0) is 16.3. The SMILES string of the molecule is CCC(C(=O)O)n1c(C)cc(=O)c(O)c1CN1CCCCC1. The number of carboxylic acids is 1. The zero-order valence-electron chi connectivity index (χ0n) is 13.2. The molecule has 22 heavy (non-hydrogen) atoms. The second kappa shape index (κ2) is 6.96. The lowest BCUT2D eigenvalue weighted by atomic mass is 10.1. The standard InChI is InChI=1S/C16H24N2O4/c1-3-12(16(21)22)18-11(2)9-14(19)15(20)13(18)10-17-7-5-4-6-8-17/h9,12,20H,3-8,10H2,1-2H3,(H,21,22). The second-order valence-electron chi connectivity index (χ2n) is 5.91. The average Bonchev–Trinajstić information content (AvgIpc) is 2.49. The number of hydrogen-bond acceptors (Lipinski definition) is 4. The summed E-state index contributed by atoms with van der Waals surface area (Å²) in [6.45, 7) is 5.73. The molecule has 2 rings (SSSR count). The van der Waals surface area contributed by atoms with Crippen LogP contribution in [0, 0.1) is 6.92 Å². The van der Waals surface area contributed by atoms with E-state index in [4.69, 9.17) is 0 Å². The summed E-state index contributed by atoms with van der Waals surface area (Å²) in [6.07, 6.45) is 3.77. The molecular weight excluding hydrogens is 284 g/mol. The summed E-state index contributed by atoms with van der Waals surface area (Å²) in [5, 5.41) is 19.7. The van der Waals surface area contributed by atoms with Crippen molar-refractivity contribution in [1.29, 1.82) is 0 Å². The number of likely N-dealkylation sites (tertiary alicyclic amines) is 1. The Labute approximate surface area is 130 Å². The predicted octanol–water partition coefficient (Wildman–Crippen LogP) is 1.88. The minimum Gasteiger partial charge on any atom is -0.503 e. The predicted molar refractivity (Wildman–Crippen MR) is 83.2 cm³/mol. The summed E-state index contributed by atoms with van der Waals surface area (Å²) in [6, 6.07) is 0.534. The van der Waals surface area contributed by atoms with E-state index in [1.807, 2.05) is 0 Å². The topological polar surface area (TPSA) is 82.8 Å². The number of aromatic nitrogens is 1. The Balaban J connectivity index is 2.48. The van der Waals surface area contributed by atoms with E-state index < -0.39 is 17.4 Å². The van der Waals surface area contributed by atoms with Crippen molar-refractivity contribution in [3.05, 3.63) is 27.7 Å². The molecule has 0 saturated carbocycles. The average molecular weight is 308 g/mol. The van der Waals surface area contributed by atoms with E-state index in [1.165, 1.54) is 12.5 Å². The molecule has 1 aromatic rings. The minimum absolute atomic E-state index is 0.323. The molecule has 1 atom stereocenters. The van der Waals surface area contributed by atoms with Crippen molar-refractivity contribution in [2.45, 2.75) is 52.1 Å². The van der Waals surface area contributed by atoms with Gasteiger partial charge in [0.05, 0.1) is 5.69 Å². The molecule has 6 nitrogen and oxygen atoms in total. The molecule has 122 valence electrons. The van der Waals surface area contributed by atoms with Gasteiger partial charge in [0.25, 0.3) is 0 Å². The Morgan fingerprint density at radius 2 is 1.95 bits per heavy atom. The number of carboxylic acid groups (broad SMARTS) is 1. The Morgan fingerprint density at radius 1 is 1.32 bits per heavy atom. The molecule has 2 N–H and O–H groups in total. The van der Waals surface area contributed by atoms with Crippen LogP contribution in [0.15, 0.2) is 10.9 Å². The number of piperidine rings is 1. The number of aromatic hydroxyl groups is 1. The Morgan fingerprint density at radius 3 is 2.50 bits per heavy atom. The fourth-order valence-electron chi connectivity index (χ4n) is 3.18. The monoisotopic (exact) mass is 308 g/mol. The van der Waals surface area contributed by atoms with E-state index in [2.05, 4.69) is 4.90 Å². The molecule has 1 unspecified atom stereocenters. The van der Waals surface area contributed by atoms with Crippen molar-refractivity contribution in [3.8, 4) is 5.75 Å². The van der Waals surface area contributed by atoms with Crippen LogP contribution in [0.25, 0.3) is 0 Å². The summed E-state index contributed by atoms with van der Waals surface area (Å²) in [4.78, 5) is 25.6. The highest BCUT2D eigenvalue weighted by atomic mass is 16.4. The van der Waals surface area contributed by atoms with Crippen LogP contribution < -0.4 is 5.43 Å². The van der Waals surface area contributed by atoms with Gasteiger partial charge in [-0.25, -0.2) is 4.79 Å². The maximum absolute atomic E-state index is 11.9. The second-order valence-corrected chi connectivity index (χ2v) is 5.91. The third-order valence-corrected chi connectivity index (χ3v) is 4.32. The number of carbonyl (C=O) groups is 1. The Hall–Kier alpha value is -1.82. The summed E-state index contributed by atoms with van der Waals surface area (Å²) in [5.41, 5.74) is 0.547. The van der Waals surface area contributed by atoms with E-state index in [0.29, 0.717) is 24.4 Å². The molecule has 0 bridgehead atoms. The number of aliphatic carboxylic acids is 1. The highest BCUT2D eigenvalue weighted by Gasteiger charge is 2.25. The maximum Gasteiger partial charge on any atom is 0.326 e. The van der Waals surface area contributed by atoms with Gasteiger partial charge in [0.15, 0.2) is 5.75 Å². The van der Waals surface area contributed by atoms with Crippen molar-refractivity contribution in [1.82, 2.24) is 9.47 Å². The first-order chi connectivity index (χ1) is 10.5. The van der Waals surface area contributed by atoms with Gasteiger partial charge in [-0.15, -0.1) is 0 Å². The lowest BCUT2D eigenvalue weighted by Crippen LogP contribution is -2.33. The van der Waals surface area contributed by atoms with E-state index in [9.17, 15) is 19.8 Å². The van der Waals surface area contributed by atoms with E-state index in [0.717, 1.165) is 25.9 Å². The fraction of sp³-hybridized carbons (Fsp3) is 0.625. The van der Waals surface area contributed by atoms with Crippen LogP contribution in [0.4, 0.5) is 0 Å². The van der Waals surface area contributed by atoms with E-state index in [1.54, 1.807) is 18.4 Å².